The number of alkyl halides is 2. The Morgan fingerprint density at radius 1 is 1.50 bits per heavy atom. The fourth-order valence-electron chi connectivity index (χ4n) is 1.11. The van der Waals surface area contributed by atoms with Gasteiger partial charge < -0.3 is 11.1 Å². The topological polar surface area (TPSA) is 55.1 Å². The van der Waals surface area contributed by atoms with Gasteiger partial charge in [-0.05, 0) is 18.6 Å². The van der Waals surface area contributed by atoms with Crippen molar-refractivity contribution >= 4 is 41.3 Å². The standard InChI is InChI=1S/C10H13ClF2N2OS.ClH/c11-8-3-1-7(17-8)2-4-9(16)15-6-10(12,13)5-14;/h1,3H,2,4-6,14H2,(H,15,16);1H. The lowest BCUT2D eigenvalue weighted by Gasteiger charge is -2.14. The van der Waals surface area contributed by atoms with Crippen LogP contribution in [0.5, 0.6) is 0 Å². The van der Waals surface area contributed by atoms with E-state index in [9.17, 15) is 13.6 Å². The minimum atomic E-state index is -3.04. The molecule has 0 saturated heterocycles. The van der Waals surface area contributed by atoms with Gasteiger partial charge in [-0.3, -0.25) is 4.79 Å². The summed E-state index contributed by atoms with van der Waals surface area (Å²) in [5, 5.41) is 2.15. The molecule has 1 aromatic heterocycles. The van der Waals surface area contributed by atoms with Gasteiger partial charge in [-0.25, -0.2) is 8.78 Å². The lowest BCUT2D eigenvalue weighted by atomic mass is 10.2. The molecule has 0 aliphatic heterocycles. The van der Waals surface area contributed by atoms with Crippen LogP contribution >= 0.6 is 35.3 Å². The summed E-state index contributed by atoms with van der Waals surface area (Å²) in [5.74, 6) is -3.45. The maximum atomic E-state index is 12.7. The highest BCUT2D eigenvalue weighted by Gasteiger charge is 2.26. The Morgan fingerprint density at radius 3 is 2.67 bits per heavy atom. The van der Waals surface area contributed by atoms with Crippen LogP contribution in [0.25, 0.3) is 0 Å². The molecular formula is C10H14Cl2F2N2OS. The molecule has 8 heteroatoms. The molecule has 0 aliphatic rings. The average molecular weight is 319 g/mol. The number of halogens is 4. The summed E-state index contributed by atoms with van der Waals surface area (Å²) in [5.41, 5.74) is 4.85. The summed E-state index contributed by atoms with van der Waals surface area (Å²) in [6, 6.07) is 3.55. The largest absolute Gasteiger partial charge is 0.350 e. The third kappa shape index (κ3) is 6.49. The molecule has 3 nitrogen and oxygen atoms in total. The Kier molecular flexibility index (Phi) is 7.70. The summed E-state index contributed by atoms with van der Waals surface area (Å²) in [6.45, 7) is -1.48. The molecule has 1 rings (SSSR count). The molecule has 18 heavy (non-hydrogen) atoms. The molecule has 0 spiro atoms. The van der Waals surface area contributed by atoms with E-state index < -0.39 is 24.9 Å². The molecule has 0 unspecified atom stereocenters. The molecule has 0 radical (unpaired) electrons. The van der Waals surface area contributed by atoms with E-state index in [0.717, 1.165) is 4.88 Å². The monoisotopic (exact) mass is 318 g/mol. The van der Waals surface area contributed by atoms with Gasteiger partial charge >= 0.3 is 0 Å². The van der Waals surface area contributed by atoms with Crippen molar-refractivity contribution in [2.45, 2.75) is 18.8 Å². The molecule has 0 atom stereocenters. The third-order valence-corrected chi connectivity index (χ3v) is 3.36. The van der Waals surface area contributed by atoms with Gasteiger partial charge in [0.2, 0.25) is 5.91 Å². The maximum absolute atomic E-state index is 12.7. The summed E-state index contributed by atoms with van der Waals surface area (Å²) < 4.78 is 26.1. The molecule has 0 bridgehead atoms. The molecular weight excluding hydrogens is 305 g/mol. The second-order valence-electron chi connectivity index (χ2n) is 3.54. The Balaban J connectivity index is 0.00000289. The van der Waals surface area contributed by atoms with Crippen molar-refractivity contribution in [1.29, 1.82) is 0 Å². The van der Waals surface area contributed by atoms with Crippen molar-refractivity contribution in [2.24, 2.45) is 5.73 Å². The van der Waals surface area contributed by atoms with Gasteiger partial charge in [0.25, 0.3) is 5.92 Å². The number of hydrogen-bond acceptors (Lipinski definition) is 3. The fourth-order valence-corrected chi connectivity index (χ4v) is 2.20. The van der Waals surface area contributed by atoms with E-state index in [0.29, 0.717) is 10.8 Å². The van der Waals surface area contributed by atoms with Gasteiger partial charge in [0.15, 0.2) is 0 Å². The van der Waals surface area contributed by atoms with Crippen LogP contribution in [0.2, 0.25) is 4.34 Å². The molecule has 104 valence electrons. The Labute approximate surface area is 119 Å². The minimum absolute atomic E-state index is 0. The number of carbonyl (C=O) groups is 1. The number of hydrogen-bond donors (Lipinski definition) is 2. The van der Waals surface area contributed by atoms with Crippen molar-refractivity contribution in [1.82, 2.24) is 5.32 Å². The van der Waals surface area contributed by atoms with E-state index in [1.54, 1.807) is 6.07 Å². The van der Waals surface area contributed by atoms with Crippen molar-refractivity contribution < 1.29 is 13.6 Å². The zero-order valence-corrected chi connectivity index (χ0v) is 11.8. The van der Waals surface area contributed by atoms with E-state index in [-0.39, 0.29) is 18.8 Å². The zero-order chi connectivity index (χ0) is 12.9. The van der Waals surface area contributed by atoms with Crippen molar-refractivity contribution in [3.05, 3.63) is 21.3 Å². The van der Waals surface area contributed by atoms with E-state index in [4.69, 9.17) is 17.3 Å². The predicted octanol–water partition coefficient (Wildman–Crippen LogP) is 2.47. The maximum Gasteiger partial charge on any atom is 0.277 e. The molecule has 1 heterocycles. The number of amides is 1. The molecule has 1 amide bonds. The van der Waals surface area contributed by atoms with Crippen LogP contribution in [0, 0.1) is 0 Å². The fraction of sp³-hybridized carbons (Fsp3) is 0.500. The summed E-state index contributed by atoms with van der Waals surface area (Å²) in [6.07, 6.45) is 0.662. The molecule has 0 aromatic carbocycles. The Bertz CT molecular complexity index is 388. The van der Waals surface area contributed by atoms with E-state index in [1.165, 1.54) is 11.3 Å². The van der Waals surface area contributed by atoms with Gasteiger partial charge in [0.1, 0.15) is 0 Å². The van der Waals surface area contributed by atoms with Crippen LogP contribution in [-0.2, 0) is 11.2 Å². The van der Waals surface area contributed by atoms with Gasteiger partial charge in [-0.2, -0.15) is 0 Å². The molecule has 0 fully saturated rings. The van der Waals surface area contributed by atoms with Crippen LogP contribution < -0.4 is 11.1 Å². The van der Waals surface area contributed by atoms with Crippen LogP contribution in [0.3, 0.4) is 0 Å². The summed E-state index contributed by atoms with van der Waals surface area (Å²) in [4.78, 5) is 12.2. The second kappa shape index (κ2) is 7.89. The highest BCUT2D eigenvalue weighted by atomic mass is 35.5. The first-order valence-electron chi connectivity index (χ1n) is 5.02. The quantitative estimate of drug-likeness (QED) is 0.846. The normalized spacial score (nSPS) is 10.9. The number of nitrogens with one attached hydrogen (secondary N) is 1. The van der Waals surface area contributed by atoms with Gasteiger partial charge in [0.05, 0.1) is 17.4 Å². The highest BCUT2D eigenvalue weighted by molar-refractivity contribution is 7.16. The van der Waals surface area contributed by atoms with Crippen LogP contribution in [-0.4, -0.2) is 24.9 Å². The van der Waals surface area contributed by atoms with Gasteiger partial charge in [0, 0.05) is 11.3 Å². The lowest BCUT2D eigenvalue weighted by Crippen LogP contribution is -2.41. The summed E-state index contributed by atoms with van der Waals surface area (Å²) in [7, 11) is 0. The highest BCUT2D eigenvalue weighted by Crippen LogP contribution is 2.22. The molecule has 0 saturated carbocycles. The third-order valence-electron chi connectivity index (χ3n) is 2.07. The van der Waals surface area contributed by atoms with Crippen LogP contribution in [0.15, 0.2) is 12.1 Å². The van der Waals surface area contributed by atoms with E-state index >= 15 is 0 Å². The Hall–Kier alpha value is -0.430. The van der Waals surface area contributed by atoms with Crippen molar-refractivity contribution in [3.63, 3.8) is 0 Å². The smallest absolute Gasteiger partial charge is 0.277 e. The number of thiophene rings is 1. The zero-order valence-electron chi connectivity index (χ0n) is 9.42. The van der Waals surface area contributed by atoms with Crippen molar-refractivity contribution in [3.8, 4) is 0 Å². The number of rotatable bonds is 6. The molecule has 3 N–H and O–H groups in total. The first-order chi connectivity index (χ1) is 7.93. The van der Waals surface area contributed by atoms with E-state index in [2.05, 4.69) is 5.32 Å². The number of aryl methyl sites for hydroxylation is 1. The number of nitrogens with two attached hydrogens (primary N) is 1. The summed E-state index contributed by atoms with van der Waals surface area (Å²) >= 11 is 7.10. The van der Waals surface area contributed by atoms with Gasteiger partial charge in [-0.1, -0.05) is 11.6 Å². The molecule has 1 aromatic rings. The van der Waals surface area contributed by atoms with E-state index in [1.807, 2.05) is 6.07 Å². The minimum Gasteiger partial charge on any atom is -0.350 e. The molecule has 0 aliphatic carbocycles. The van der Waals surface area contributed by atoms with Crippen molar-refractivity contribution in [2.75, 3.05) is 13.1 Å². The first kappa shape index (κ1) is 17.6. The Morgan fingerprint density at radius 2 is 2.17 bits per heavy atom. The average Bonchev–Trinajstić information content (AvgIpc) is 2.70. The van der Waals surface area contributed by atoms with Crippen LogP contribution in [0.1, 0.15) is 11.3 Å². The lowest BCUT2D eigenvalue weighted by molar-refractivity contribution is -0.122. The first-order valence-corrected chi connectivity index (χ1v) is 6.21. The number of carbonyl (C=O) groups excluding carboxylic acids is 1. The van der Waals surface area contributed by atoms with Gasteiger partial charge in [-0.15, -0.1) is 23.7 Å². The SMILES string of the molecule is Cl.NCC(F)(F)CNC(=O)CCc1ccc(Cl)s1. The predicted molar refractivity (Wildman–Crippen MR) is 71.9 cm³/mol. The second-order valence-corrected chi connectivity index (χ2v) is 5.34. The van der Waals surface area contributed by atoms with Crippen LogP contribution in [0.4, 0.5) is 8.78 Å².